The van der Waals surface area contributed by atoms with Crippen molar-refractivity contribution in [2.75, 3.05) is 13.7 Å². The molecule has 2 rings (SSSR count). The second-order valence-electron chi connectivity index (χ2n) is 5.30. The van der Waals surface area contributed by atoms with Crippen LogP contribution in [0.2, 0.25) is 5.02 Å². The molecule has 1 fully saturated rings. The van der Waals surface area contributed by atoms with E-state index in [9.17, 15) is 4.79 Å². The SMILES string of the molecule is CCC(C)Oc1c(Cl)cc(/C=C2\SC(=S)N(CC)C2=O)cc1OC. The molecular formula is C17H20ClNO3S2. The molecule has 1 unspecified atom stereocenters. The second-order valence-corrected chi connectivity index (χ2v) is 7.38. The molecule has 1 aliphatic rings. The van der Waals surface area contributed by atoms with Crippen LogP contribution >= 0.6 is 35.6 Å². The number of carbonyl (C=O) groups excluding carboxylic acids is 1. The van der Waals surface area contributed by atoms with Crippen molar-refractivity contribution in [1.82, 2.24) is 4.90 Å². The number of halogens is 1. The average Bonchev–Trinajstić information content (AvgIpc) is 2.82. The van der Waals surface area contributed by atoms with Crippen LogP contribution in [0.4, 0.5) is 0 Å². The molecule has 0 aromatic heterocycles. The fourth-order valence-corrected chi connectivity index (χ4v) is 3.79. The largest absolute Gasteiger partial charge is 0.493 e. The van der Waals surface area contributed by atoms with Gasteiger partial charge in [-0.3, -0.25) is 9.69 Å². The predicted octanol–water partition coefficient (Wildman–Crippen LogP) is 4.75. The van der Waals surface area contributed by atoms with Crippen LogP contribution in [0.15, 0.2) is 17.0 Å². The lowest BCUT2D eigenvalue weighted by atomic mass is 10.1. The molecule has 0 aliphatic carbocycles. The Balaban J connectivity index is 2.36. The Hall–Kier alpha value is -1.24. The molecule has 1 aromatic rings. The standard InChI is InChI=1S/C17H20ClNO3S2/c1-5-10(3)22-15-12(18)7-11(8-13(15)21-4)9-14-16(20)19(6-2)17(23)24-14/h7-10H,5-6H2,1-4H3/b14-9-. The Bertz CT molecular complexity index is 691. The molecule has 1 atom stereocenters. The summed E-state index contributed by atoms with van der Waals surface area (Å²) >= 11 is 12.9. The summed E-state index contributed by atoms with van der Waals surface area (Å²) in [5.41, 5.74) is 0.768. The Morgan fingerprint density at radius 2 is 2.12 bits per heavy atom. The fourth-order valence-electron chi connectivity index (χ4n) is 2.15. The van der Waals surface area contributed by atoms with Crippen molar-refractivity contribution in [3.63, 3.8) is 0 Å². The molecule has 4 nitrogen and oxygen atoms in total. The van der Waals surface area contributed by atoms with Gasteiger partial charge in [0.2, 0.25) is 0 Å². The first-order valence-corrected chi connectivity index (χ1v) is 9.31. The lowest BCUT2D eigenvalue weighted by Crippen LogP contribution is -2.27. The third-order valence-corrected chi connectivity index (χ3v) is 5.29. The number of amides is 1. The molecule has 0 N–H and O–H groups in total. The molecule has 1 aromatic carbocycles. The number of ether oxygens (including phenoxy) is 2. The number of rotatable bonds is 6. The van der Waals surface area contributed by atoms with Crippen molar-refractivity contribution >= 4 is 51.9 Å². The van der Waals surface area contributed by atoms with Crippen LogP contribution in [0, 0.1) is 0 Å². The van der Waals surface area contributed by atoms with Crippen LogP contribution in [0.3, 0.4) is 0 Å². The zero-order chi connectivity index (χ0) is 17.9. The van der Waals surface area contributed by atoms with E-state index in [1.165, 1.54) is 11.8 Å². The van der Waals surface area contributed by atoms with Crippen LogP contribution < -0.4 is 9.47 Å². The van der Waals surface area contributed by atoms with Gasteiger partial charge in [-0.1, -0.05) is 42.5 Å². The molecule has 7 heteroatoms. The van der Waals surface area contributed by atoms with E-state index >= 15 is 0 Å². The summed E-state index contributed by atoms with van der Waals surface area (Å²) in [4.78, 5) is 14.5. The number of thioether (sulfide) groups is 1. The quantitative estimate of drug-likeness (QED) is 0.522. The van der Waals surface area contributed by atoms with E-state index in [0.717, 1.165) is 12.0 Å². The van der Waals surface area contributed by atoms with Gasteiger partial charge in [0.1, 0.15) is 4.32 Å². The van der Waals surface area contributed by atoms with Crippen LogP contribution in [0.1, 0.15) is 32.8 Å². The normalized spacial score (nSPS) is 17.5. The Morgan fingerprint density at radius 3 is 2.67 bits per heavy atom. The zero-order valence-corrected chi connectivity index (χ0v) is 16.5. The van der Waals surface area contributed by atoms with E-state index in [1.54, 1.807) is 24.2 Å². The fraction of sp³-hybridized carbons (Fsp3) is 0.412. The van der Waals surface area contributed by atoms with Crippen molar-refractivity contribution in [2.24, 2.45) is 0 Å². The minimum absolute atomic E-state index is 0.0306. The Labute approximate surface area is 157 Å². The number of hydrogen-bond acceptors (Lipinski definition) is 5. The molecule has 24 heavy (non-hydrogen) atoms. The van der Waals surface area contributed by atoms with Crippen molar-refractivity contribution in [2.45, 2.75) is 33.3 Å². The van der Waals surface area contributed by atoms with E-state index in [-0.39, 0.29) is 12.0 Å². The first kappa shape index (κ1) is 19.1. The van der Waals surface area contributed by atoms with Crippen molar-refractivity contribution in [3.05, 3.63) is 27.6 Å². The summed E-state index contributed by atoms with van der Waals surface area (Å²) in [6, 6.07) is 3.57. The summed E-state index contributed by atoms with van der Waals surface area (Å²) in [7, 11) is 1.56. The van der Waals surface area contributed by atoms with Gasteiger partial charge >= 0.3 is 0 Å². The topological polar surface area (TPSA) is 38.8 Å². The molecule has 0 radical (unpaired) electrons. The summed E-state index contributed by atoms with van der Waals surface area (Å²) < 4.78 is 11.8. The molecule has 1 amide bonds. The van der Waals surface area contributed by atoms with E-state index in [1.807, 2.05) is 26.8 Å². The summed E-state index contributed by atoms with van der Waals surface area (Å²) in [5.74, 6) is 0.981. The zero-order valence-electron chi connectivity index (χ0n) is 14.1. The molecular weight excluding hydrogens is 366 g/mol. The van der Waals surface area contributed by atoms with Gasteiger partial charge in [-0.25, -0.2) is 0 Å². The molecule has 0 spiro atoms. The monoisotopic (exact) mass is 385 g/mol. The number of nitrogens with zero attached hydrogens (tertiary/aromatic N) is 1. The summed E-state index contributed by atoms with van der Waals surface area (Å²) in [6.45, 7) is 6.47. The first-order chi connectivity index (χ1) is 11.4. The minimum atomic E-state index is -0.0810. The van der Waals surface area contributed by atoms with Crippen LogP contribution in [0.5, 0.6) is 11.5 Å². The van der Waals surface area contributed by atoms with Gasteiger partial charge in [0.05, 0.1) is 23.1 Å². The van der Waals surface area contributed by atoms with Gasteiger partial charge in [0, 0.05) is 6.54 Å². The van der Waals surface area contributed by atoms with Crippen molar-refractivity contribution in [3.8, 4) is 11.5 Å². The summed E-state index contributed by atoms with van der Waals surface area (Å²) in [6.07, 6.45) is 2.67. The van der Waals surface area contributed by atoms with Gasteiger partial charge in [-0.15, -0.1) is 0 Å². The highest BCUT2D eigenvalue weighted by molar-refractivity contribution is 8.26. The predicted molar refractivity (Wildman–Crippen MR) is 104 cm³/mol. The first-order valence-electron chi connectivity index (χ1n) is 7.70. The molecule has 0 bridgehead atoms. The van der Waals surface area contributed by atoms with Crippen LogP contribution in [-0.2, 0) is 4.79 Å². The van der Waals surface area contributed by atoms with Gasteiger partial charge in [-0.2, -0.15) is 0 Å². The molecule has 1 heterocycles. The average molecular weight is 386 g/mol. The van der Waals surface area contributed by atoms with Gasteiger partial charge in [0.25, 0.3) is 5.91 Å². The van der Waals surface area contributed by atoms with E-state index < -0.39 is 0 Å². The van der Waals surface area contributed by atoms with Gasteiger partial charge in [0.15, 0.2) is 11.5 Å². The van der Waals surface area contributed by atoms with Gasteiger partial charge < -0.3 is 9.47 Å². The number of hydrogen-bond donors (Lipinski definition) is 0. The van der Waals surface area contributed by atoms with E-state index in [4.69, 9.17) is 33.3 Å². The summed E-state index contributed by atoms with van der Waals surface area (Å²) in [5, 5.41) is 0.451. The maximum Gasteiger partial charge on any atom is 0.266 e. The molecule has 1 saturated heterocycles. The Morgan fingerprint density at radius 1 is 1.42 bits per heavy atom. The van der Waals surface area contributed by atoms with Crippen LogP contribution in [-0.4, -0.2) is 34.9 Å². The molecule has 0 saturated carbocycles. The lowest BCUT2D eigenvalue weighted by Gasteiger charge is -2.17. The maximum atomic E-state index is 12.3. The second kappa shape index (κ2) is 8.23. The van der Waals surface area contributed by atoms with Crippen molar-refractivity contribution < 1.29 is 14.3 Å². The number of benzene rings is 1. The highest BCUT2D eigenvalue weighted by Crippen LogP contribution is 2.39. The molecule has 130 valence electrons. The lowest BCUT2D eigenvalue weighted by molar-refractivity contribution is -0.121. The number of likely N-dealkylation sites (N-methyl/N-ethyl adjacent to an activating group) is 1. The minimum Gasteiger partial charge on any atom is -0.493 e. The van der Waals surface area contributed by atoms with Crippen LogP contribution in [0.25, 0.3) is 6.08 Å². The van der Waals surface area contributed by atoms with E-state index in [0.29, 0.717) is 32.3 Å². The smallest absolute Gasteiger partial charge is 0.266 e. The number of thiocarbonyl (C=S) groups is 1. The highest BCUT2D eigenvalue weighted by Gasteiger charge is 2.30. The Kier molecular flexibility index (Phi) is 6.54. The van der Waals surface area contributed by atoms with Gasteiger partial charge in [-0.05, 0) is 44.0 Å². The van der Waals surface area contributed by atoms with E-state index in [2.05, 4.69) is 0 Å². The molecule has 1 aliphatic heterocycles. The number of methoxy groups -OCH3 is 1. The highest BCUT2D eigenvalue weighted by atomic mass is 35.5. The third kappa shape index (κ3) is 4.05. The van der Waals surface area contributed by atoms with Crippen molar-refractivity contribution in [1.29, 1.82) is 0 Å². The third-order valence-electron chi connectivity index (χ3n) is 3.63. The number of carbonyl (C=O) groups is 1. The maximum absolute atomic E-state index is 12.3.